The summed E-state index contributed by atoms with van der Waals surface area (Å²) >= 11 is 1.67. The Morgan fingerprint density at radius 1 is 1.28 bits per heavy atom. The number of rotatable bonds is 5. The van der Waals surface area contributed by atoms with Gasteiger partial charge in [0.1, 0.15) is 5.75 Å². The molecule has 0 radical (unpaired) electrons. The van der Waals surface area contributed by atoms with E-state index in [0.717, 1.165) is 29.2 Å². The Kier molecular flexibility index (Phi) is 3.90. The van der Waals surface area contributed by atoms with Gasteiger partial charge >= 0.3 is 0 Å². The second kappa shape index (κ2) is 6.26. The van der Waals surface area contributed by atoms with Gasteiger partial charge in [-0.25, -0.2) is 4.98 Å². The van der Waals surface area contributed by atoms with Crippen LogP contribution in [-0.4, -0.2) is 29.5 Å². The molecule has 0 bridgehead atoms. The number of hydrogen-bond donors (Lipinski definition) is 0. The summed E-state index contributed by atoms with van der Waals surface area (Å²) in [6.45, 7) is 6.03. The third-order valence-corrected chi connectivity index (χ3v) is 6.61. The van der Waals surface area contributed by atoms with E-state index in [-0.39, 0.29) is 0 Å². The van der Waals surface area contributed by atoms with Gasteiger partial charge in [0, 0.05) is 19.0 Å². The van der Waals surface area contributed by atoms with E-state index < -0.39 is 0 Å². The smallest absolute Gasteiger partial charge is 0.279 e. The molecule has 2 unspecified atom stereocenters. The van der Waals surface area contributed by atoms with Crippen LogP contribution in [-0.2, 0) is 6.42 Å². The van der Waals surface area contributed by atoms with Crippen molar-refractivity contribution < 1.29 is 4.74 Å². The summed E-state index contributed by atoms with van der Waals surface area (Å²) in [6, 6.07) is 8.55. The van der Waals surface area contributed by atoms with E-state index in [9.17, 15) is 0 Å². The van der Waals surface area contributed by atoms with E-state index >= 15 is 0 Å². The minimum Gasteiger partial charge on any atom is -0.431 e. The zero-order valence-corrected chi connectivity index (χ0v) is 15.5. The first-order chi connectivity index (χ1) is 12.2. The lowest BCUT2D eigenvalue weighted by Crippen LogP contribution is -2.22. The fourth-order valence-corrected chi connectivity index (χ4v) is 4.96. The fraction of sp³-hybridized carbons (Fsp3) is 0.476. The van der Waals surface area contributed by atoms with Crippen molar-refractivity contribution in [1.29, 1.82) is 0 Å². The Balaban J connectivity index is 1.20. The van der Waals surface area contributed by atoms with Crippen molar-refractivity contribution in [1.82, 2.24) is 9.88 Å². The Morgan fingerprint density at radius 3 is 2.96 bits per heavy atom. The molecule has 1 saturated carbocycles. The van der Waals surface area contributed by atoms with Crippen LogP contribution in [0.1, 0.15) is 41.8 Å². The number of thiazole rings is 1. The van der Waals surface area contributed by atoms with Crippen molar-refractivity contribution in [3.63, 3.8) is 0 Å². The van der Waals surface area contributed by atoms with Crippen LogP contribution >= 0.6 is 11.3 Å². The average molecular weight is 353 g/mol. The summed E-state index contributed by atoms with van der Waals surface area (Å²) in [7, 11) is 0. The molecule has 1 saturated heterocycles. The highest BCUT2D eigenvalue weighted by atomic mass is 32.1. The molecule has 130 valence electrons. The number of nitrogens with zero attached hydrogens (tertiary/aromatic N) is 2. The maximum atomic E-state index is 6.01. The molecule has 1 aromatic heterocycles. The molecule has 4 heteroatoms. The standard InChI is InChI=1S/C21H24N2OS/c1-14-8-10-23(13-14)11-9-15-2-5-17(6-3-15)24-21-22-20-18-12-16(18)4-7-19(20)25-21/h2-7,14,16,18H,8-13H2,1H3/t14-,16?,18?/m0/s1. The van der Waals surface area contributed by atoms with E-state index in [1.54, 1.807) is 11.3 Å². The second-order valence-corrected chi connectivity index (χ2v) is 8.78. The molecule has 5 rings (SSSR count). The van der Waals surface area contributed by atoms with Gasteiger partial charge in [0.05, 0.1) is 10.6 Å². The molecule has 0 spiro atoms. The number of hydrogen-bond acceptors (Lipinski definition) is 4. The lowest BCUT2D eigenvalue weighted by atomic mass is 10.1. The van der Waals surface area contributed by atoms with Crippen LogP contribution in [0.15, 0.2) is 30.3 Å². The number of likely N-dealkylation sites (tertiary alicyclic amines) is 1. The van der Waals surface area contributed by atoms with E-state index in [2.05, 4.69) is 48.2 Å². The molecular formula is C21H24N2OS. The lowest BCUT2D eigenvalue weighted by Gasteiger charge is -2.15. The maximum absolute atomic E-state index is 6.01. The first-order valence-electron chi connectivity index (χ1n) is 9.43. The number of benzene rings is 1. The number of aromatic nitrogens is 1. The number of fused-ring (bicyclic) bond motifs is 3. The molecule has 3 aliphatic rings. The highest BCUT2D eigenvalue weighted by Crippen LogP contribution is 2.54. The van der Waals surface area contributed by atoms with Crippen molar-refractivity contribution in [2.45, 2.75) is 32.1 Å². The Morgan fingerprint density at radius 2 is 2.16 bits per heavy atom. The Labute approximate surface area is 153 Å². The van der Waals surface area contributed by atoms with Crippen LogP contribution in [0.25, 0.3) is 6.08 Å². The minimum atomic E-state index is 0.657. The molecule has 1 aliphatic heterocycles. The molecule has 2 aliphatic carbocycles. The van der Waals surface area contributed by atoms with Crippen molar-refractivity contribution in [2.75, 3.05) is 19.6 Å². The maximum Gasteiger partial charge on any atom is 0.279 e. The molecule has 25 heavy (non-hydrogen) atoms. The van der Waals surface area contributed by atoms with E-state index in [0.29, 0.717) is 5.92 Å². The summed E-state index contributed by atoms with van der Waals surface area (Å²) in [5, 5.41) is 0.779. The quantitative estimate of drug-likeness (QED) is 0.761. The largest absolute Gasteiger partial charge is 0.431 e. The summed E-state index contributed by atoms with van der Waals surface area (Å²) < 4.78 is 6.01. The summed E-state index contributed by atoms with van der Waals surface area (Å²) in [6.07, 6.45) is 8.27. The summed E-state index contributed by atoms with van der Waals surface area (Å²) in [5.41, 5.74) is 2.64. The van der Waals surface area contributed by atoms with Crippen LogP contribution < -0.4 is 4.74 Å². The summed E-state index contributed by atoms with van der Waals surface area (Å²) in [4.78, 5) is 8.59. The third-order valence-electron chi connectivity index (χ3n) is 5.70. The normalized spacial score (nSPS) is 27.2. The average Bonchev–Trinajstić information content (AvgIpc) is 3.12. The van der Waals surface area contributed by atoms with Crippen molar-refractivity contribution in [3.8, 4) is 10.9 Å². The van der Waals surface area contributed by atoms with Crippen molar-refractivity contribution in [2.24, 2.45) is 11.8 Å². The first-order valence-corrected chi connectivity index (χ1v) is 10.2. The van der Waals surface area contributed by atoms with Gasteiger partial charge in [-0.3, -0.25) is 0 Å². The first kappa shape index (κ1) is 15.6. The van der Waals surface area contributed by atoms with Gasteiger partial charge in [0.25, 0.3) is 5.19 Å². The minimum absolute atomic E-state index is 0.657. The fourth-order valence-electron chi connectivity index (χ4n) is 4.05. The second-order valence-electron chi connectivity index (χ2n) is 7.78. The van der Waals surface area contributed by atoms with E-state index in [1.807, 2.05) is 0 Å². The highest BCUT2D eigenvalue weighted by Gasteiger charge is 2.42. The van der Waals surface area contributed by atoms with Crippen molar-refractivity contribution >= 4 is 17.4 Å². The number of ether oxygens (including phenoxy) is 1. The van der Waals surface area contributed by atoms with Gasteiger partial charge in [0.2, 0.25) is 0 Å². The predicted molar refractivity (Wildman–Crippen MR) is 102 cm³/mol. The Bertz CT molecular complexity index is 795. The molecule has 1 aromatic carbocycles. The van der Waals surface area contributed by atoms with Gasteiger partial charge in [-0.1, -0.05) is 36.5 Å². The van der Waals surface area contributed by atoms with Crippen LogP contribution in [0.5, 0.6) is 10.9 Å². The van der Waals surface area contributed by atoms with E-state index in [4.69, 9.17) is 9.72 Å². The molecule has 2 fully saturated rings. The van der Waals surface area contributed by atoms with Gasteiger partial charge < -0.3 is 9.64 Å². The molecule has 2 aromatic rings. The highest BCUT2D eigenvalue weighted by molar-refractivity contribution is 7.14. The predicted octanol–water partition coefficient (Wildman–Crippen LogP) is 4.95. The zero-order valence-electron chi connectivity index (χ0n) is 14.6. The molecular weight excluding hydrogens is 328 g/mol. The van der Waals surface area contributed by atoms with E-state index in [1.165, 1.54) is 48.6 Å². The van der Waals surface area contributed by atoms with Gasteiger partial charge in [-0.15, -0.1) is 0 Å². The topological polar surface area (TPSA) is 25.4 Å². The zero-order chi connectivity index (χ0) is 16.8. The third kappa shape index (κ3) is 3.25. The molecule has 2 heterocycles. The lowest BCUT2D eigenvalue weighted by molar-refractivity contribution is 0.332. The van der Waals surface area contributed by atoms with Crippen molar-refractivity contribution in [3.05, 3.63) is 46.5 Å². The molecule has 3 atom stereocenters. The van der Waals surface area contributed by atoms with Crippen LogP contribution in [0.4, 0.5) is 0 Å². The van der Waals surface area contributed by atoms with Gasteiger partial charge in [0.15, 0.2) is 0 Å². The molecule has 0 amide bonds. The van der Waals surface area contributed by atoms with Gasteiger partial charge in [-0.05, 0) is 61.4 Å². The molecule has 3 nitrogen and oxygen atoms in total. The van der Waals surface area contributed by atoms with Crippen LogP contribution in [0.2, 0.25) is 0 Å². The van der Waals surface area contributed by atoms with Crippen LogP contribution in [0, 0.1) is 11.8 Å². The van der Waals surface area contributed by atoms with Gasteiger partial charge in [-0.2, -0.15) is 0 Å². The monoisotopic (exact) mass is 352 g/mol. The SMILES string of the molecule is C[C@H]1CCN(CCc2ccc(Oc3nc4c(s3)C=CC3CC43)cc2)C1. The van der Waals surface area contributed by atoms with Crippen LogP contribution in [0.3, 0.4) is 0 Å². The summed E-state index contributed by atoms with van der Waals surface area (Å²) in [5.74, 6) is 3.14. The molecule has 0 N–H and O–H groups in total. The Hall–Kier alpha value is -1.65. The number of allylic oxidation sites excluding steroid dienone is 1.